The summed E-state index contributed by atoms with van der Waals surface area (Å²) in [4.78, 5) is 29.1. The third-order valence-corrected chi connectivity index (χ3v) is 7.97. The lowest BCUT2D eigenvalue weighted by Crippen LogP contribution is -2.49. The lowest BCUT2D eigenvalue weighted by molar-refractivity contribution is -0.123. The molecule has 0 radical (unpaired) electrons. The standard InChI is InChI=1S/C20H20Br2FN3O2S/c21-19-17-14(9-15(27)18(17)20(22)29-19)24-16(28)11-26-7-5-25(6-8-26)10-12-3-1-2-4-13(12)23/h1-4,14H,5-11H2,(H,24,28). The van der Waals surface area contributed by atoms with E-state index < -0.39 is 0 Å². The number of rotatable bonds is 5. The summed E-state index contributed by atoms with van der Waals surface area (Å²) in [5, 5.41) is 3.02. The summed E-state index contributed by atoms with van der Waals surface area (Å²) in [5.41, 5.74) is 2.27. The van der Waals surface area contributed by atoms with Crippen molar-refractivity contribution in [1.82, 2.24) is 15.1 Å². The van der Waals surface area contributed by atoms with E-state index in [2.05, 4.69) is 47.0 Å². The molecule has 2 heterocycles. The molecule has 1 unspecified atom stereocenters. The van der Waals surface area contributed by atoms with E-state index in [-0.39, 0.29) is 23.5 Å². The van der Waals surface area contributed by atoms with Crippen LogP contribution in [-0.4, -0.2) is 54.2 Å². The van der Waals surface area contributed by atoms with Gasteiger partial charge in [-0.3, -0.25) is 19.4 Å². The molecular weight excluding hydrogens is 525 g/mol. The Morgan fingerprint density at radius 3 is 2.55 bits per heavy atom. The van der Waals surface area contributed by atoms with Crippen molar-refractivity contribution in [2.75, 3.05) is 32.7 Å². The number of thiophene rings is 1. The number of nitrogens with one attached hydrogen (secondary N) is 1. The molecule has 1 amide bonds. The first-order valence-corrected chi connectivity index (χ1v) is 11.8. The second-order valence-corrected chi connectivity index (χ2v) is 11.0. The molecule has 1 saturated heterocycles. The number of nitrogens with zero attached hydrogens (tertiary/aromatic N) is 2. The van der Waals surface area contributed by atoms with Gasteiger partial charge in [0.2, 0.25) is 5.91 Å². The van der Waals surface area contributed by atoms with Crippen molar-refractivity contribution < 1.29 is 14.0 Å². The first-order valence-electron chi connectivity index (χ1n) is 9.40. The summed E-state index contributed by atoms with van der Waals surface area (Å²) < 4.78 is 15.5. The average molecular weight is 545 g/mol. The molecule has 1 aromatic carbocycles. The lowest BCUT2D eigenvalue weighted by Gasteiger charge is -2.34. The molecule has 5 nitrogen and oxygen atoms in total. The lowest BCUT2D eigenvalue weighted by atomic mass is 10.1. The molecule has 0 bridgehead atoms. The third-order valence-electron chi connectivity index (χ3n) is 5.39. The summed E-state index contributed by atoms with van der Waals surface area (Å²) in [6.07, 6.45) is 0.303. The molecule has 2 aromatic rings. The first-order chi connectivity index (χ1) is 13.9. The minimum Gasteiger partial charge on any atom is -0.348 e. The topological polar surface area (TPSA) is 52.7 Å². The van der Waals surface area contributed by atoms with Gasteiger partial charge in [-0.05, 0) is 37.9 Å². The SMILES string of the molecule is O=C(CN1CCN(Cc2ccccc2F)CC1)NC1CC(=O)c2c(Br)sc(Br)c21. The number of hydrogen-bond acceptors (Lipinski definition) is 5. The molecule has 1 aliphatic carbocycles. The highest BCUT2D eigenvalue weighted by atomic mass is 79.9. The molecule has 1 aliphatic heterocycles. The fourth-order valence-electron chi connectivity index (χ4n) is 3.89. The van der Waals surface area contributed by atoms with Crippen LogP contribution in [0.4, 0.5) is 4.39 Å². The highest BCUT2D eigenvalue weighted by molar-refractivity contribution is 9.12. The van der Waals surface area contributed by atoms with Crippen molar-refractivity contribution >= 4 is 54.9 Å². The van der Waals surface area contributed by atoms with E-state index in [1.54, 1.807) is 6.07 Å². The maximum Gasteiger partial charge on any atom is 0.234 e. The third kappa shape index (κ3) is 4.64. The molecule has 29 heavy (non-hydrogen) atoms. The number of amides is 1. The summed E-state index contributed by atoms with van der Waals surface area (Å²) in [6.45, 7) is 3.97. The number of piperazine rings is 1. The Bertz CT molecular complexity index is 944. The Morgan fingerprint density at radius 2 is 1.83 bits per heavy atom. The zero-order valence-corrected chi connectivity index (χ0v) is 19.6. The van der Waals surface area contributed by atoms with Gasteiger partial charge in [-0.25, -0.2) is 4.39 Å². The first kappa shape index (κ1) is 21.1. The predicted molar refractivity (Wildman–Crippen MR) is 118 cm³/mol. The van der Waals surface area contributed by atoms with E-state index in [1.807, 2.05) is 12.1 Å². The number of carbonyl (C=O) groups excluding carboxylic acids is 2. The smallest absolute Gasteiger partial charge is 0.234 e. The summed E-state index contributed by atoms with van der Waals surface area (Å²) in [5.74, 6) is -0.195. The number of ketones is 1. The highest BCUT2D eigenvalue weighted by Gasteiger charge is 2.36. The van der Waals surface area contributed by atoms with Crippen LogP contribution in [0.2, 0.25) is 0 Å². The Labute approximate surface area is 189 Å². The van der Waals surface area contributed by atoms with E-state index in [1.165, 1.54) is 17.4 Å². The normalized spacial score (nSPS) is 20.1. The van der Waals surface area contributed by atoms with E-state index in [4.69, 9.17) is 0 Å². The van der Waals surface area contributed by atoms with E-state index in [9.17, 15) is 14.0 Å². The van der Waals surface area contributed by atoms with Gasteiger partial charge in [-0.2, -0.15) is 0 Å². The van der Waals surface area contributed by atoms with E-state index in [0.717, 1.165) is 39.3 Å². The quantitative estimate of drug-likeness (QED) is 0.619. The summed E-state index contributed by atoms with van der Waals surface area (Å²) >= 11 is 8.40. The molecule has 0 saturated carbocycles. The van der Waals surface area contributed by atoms with Gasteiger partial charge in [0.05, 0.1) is 20.2 Å². The Hall–Kier alpha value is -1.13. The van der Waals surface area contributed by atoms with Gasteiger partial charge >= 0.3 is 0 Å². The molecule has 0 spiro atoms. The van der Waals surface area contributed by atoms with Gasteiger partial charge in [0.25, 0.3) is 0 Å². The monoisotopic (exact) mass is 543 g/mol. The largest absolute Gasteiger partial charge is 0.348 e. The molecule has 4 rings (SSSR count). The number of hydrogen-bond donors (Lipinski definition) is 1. The molecule has 1 aromatic heterocycles. The Morgan fingerprint density at radius 1 is 1.14 bits per heavy atom. The second kappa shape index (κ2) is 8.93. The molecule has 1 atom stereocenters. The average Bonchev–Trinajstić information content (AvgIpc) is 3.16. The van der Waals surface area contributed by atoms with Crippen LogP contribution in [0.3, 0.4) is 0 Å². The van der Waals surface area contributed by atoms with Gasteiger partial charge in [0.15, 0.2) is 5.78 Å². The number of benzene rings is 1. The van der Waals surface area contributed by atoms with Crippen molar-refractivity contribution in [3.8, 4) is 0 Å². The molecule has 2 aliphatic rings. The van der Waals surface area contributed by atoms with Crippen LogP contribution >= 0.6 is 43.2 Å². The minimum atomic E-state index is -0.274. The van der Waals surface area contributed by atoms with Crippen LogP contribution in [0.25, 0.3) is 0 Å². The molecular formula is C20H20Br2FN3O2S. The Balaban J connectivity index is 1.28. The van der Waals surface area contributed by atoms with Crippen LogP contribution in [0, 0.1) is 5.82 Å². The van der Waals surface area contributed by atoms with Crippen LogP contribution in [-0.2, 0) is 11.3 Å². The number of halogens is 3. The zero-order valence-electron chi connectivity index (χ0n) is 15.6. The maximum atomic E-state index is 13.8. The van der Waals surface area contributed by atoms with Gasteiger partial charge in [-0.1, -0.05) is 18.2 Å². The highest BCUT2D eigenvalue weighted by Crippen LogP contribution is 2.46. The van der Waals surface area contributed by atoms with Crippen LogP contribution in [0.1, 0.15) is 33.9 Å². The zero-order chi connectivity index (χ0) is 20.5. The maximum absolute atomic E-state index is 13.8. The van der Waals surface area contributed by atoms with E-state index in [0.29, 0.717) is 30.6 Å². The molecule has 1 N–H and O–H groups in total. The fourth-order valence-corrected chi connectivity index (χ4v) is 7.26. The summed E-state index contributed by atoms with van der Waals surface area (Å²) in [6, 6.07) is 6.57. The molecule has 1 fully saturated rings. The van der Waals surface area contributed by atoms with Crippen LogP contribution < -0.4 is 5.32 Å². The predicted octanol–water partition coefficient (Wildman–Crippen LogP) is 3.97. The van der Waals surface area contributed by atoms with Crippen LogP contribution in [0.15, 0.2) is 31.8 Å². The van der Waals surface area contributed by atoms with Crippen molar-refractivity contribution in [3.63, 3.8) is 0 Å². The number of carbonyl (C=O) groups is 2. The van der Waals surface area contributed by atoms with Crippen molar-refractivity contribution in [1.29, 1.82) is 0 Å². The van der Waals surface area contributed by atoms with E-state index >= 15 is 0 Å². The number of Topliss-reactive ketones (excluding diaryl/α,β-unsaturated/α-hetero) is 1. The van der Waals surface area contributed by atoms with Gasteiger partial charge in [-0.15, -0.1) is 11.3 Å². The van der Waals surface area contributed by atoms with Crippen molar-refractivity contribution in [2.45, 2.75) is 19.0 Å². The second-order valence-electron chi connectivity index (χ2n) is 7.33. The van der Waals surface area contributed by atoms with Gasteiger partial charge in [0.1, 0.15) is 5.82 Å². The van der Waals surface area contributed by atoms with Gasteiger partial charge in [0, 0.05) is 55.8 Å². The van der Waals surface area contributed by atoms with Crippen molar-refractivity contribution in [3.05, 3.63) is 54.3 Å². The Kier molecular flexibility index (Phi) is 6.50. The van der Waals surface area contributed by atoms with Crippen molar-refractivity contribution in [2.24, 2.45) is 0 Å². The van der Waals surface area contributed by atoms with Gasteiger partial charge < -0.3 is 5.32 Å². The molecule has 154 valence electrons. The van der Waals surface area contributed by atoms with Crippen LogP contribution in [0.5, 0.6) is 0 Å². The fraction of sp³-hybridized carbons (Fsp3) is 0.400. The summed E-state index contributed by atoms with van der Waals surface area (Å²) in [7, 11) is 0. The number of fused-ring (bicyclic) bond motifs is 1. The minimum absolute atomic E-state index is 0.0564. The molecule has 9 heteroatoms.